The lowest BCUT2D eigenvalue weighted by Crippen LogP contribution is -2.17. The summed E-state index contributed by atoms with van der Waals surface area (Å²) in [5.41, 5.74) is 0.864. The van der Waals surface area contributed by atoms with Crippen LogP contribution < -0.4 is 0 Å². The highest BCUT2D eigenvalue weighted by molar-refractivity contribution is 5.51. The van der Waals surface area contributed by atoms with Crippen molar-refractivity contribution < 1.29 is 9.63 Å². The van der Waals surface area contributed by atoms with E-state index in [-0.39, 0.29) is 12.0 Å². The van der Waals surface area contributed by atoms with Gasteiger partial charge in [-0.15, -0.1) is 0 Å². The highest BCUT2D eigenvalue weighted by Gasteiger charge is 2.25. The SMILES string of the molecule is Cn1cc(-c2noc(C3CCC(O)CC3)n2)cn1. The highest BCUT2D eigenvalue weighted by atomic mass is 16.5. The number of nitrogens with zero attached hydrogens (tertiary/aromatic N) is 4. The van der Waals surface area contributed by atoms with Gasteiger partial charge in [0.25, 0.3) is 0 Å². The normalized spacial score (nSPS) is 24.3. The Balaban J connectivity index is 1.77. The smallest absolute Gasteiger partial charge is 0.230 e. The Bertz CT molecular complexity index is 526. The molecule has 6 nitrogen and oxygen atoms in total. The van der Waals surface area contributed by atoms with Crippen LogP contribution in [0.15, 0.2) is 16.9 Å². The quantitative estimate of drug-likeness (QED) is 0.871. The molecule has 18 heavy (non-hydrogen) atoms. The molecule has 0 radical (unpaired) electrons. The maximum atomic E-state index is 9.48. The van der Waals surface area contributed by atoms with Crippen molar-refractivity contribution in [3.05, 3.63) is 18.3 Å². The Morgan fingerprint density at radius 1 is 1.33 bits per heavy atom. The van der Waals surface area contributed by atoms with E-state index in [1.165, 1.54) is 0 Å². The number of rotatable bonds is 2. The van der Waals surface area contributed by atoms with Crippen molar-refractivity contribution in [1.29, 1.82) is 0 Å². The van der Waals surface area contributed by atoms with E-state index in [1.807, 2.05) is 13.2 Å². The van der Waals surface area contributed by atoms with Crippen molar-refractivity contribution in [2.45, 2.75) is 37.7 Å². The first-order valence-corrected chi connectivity index (χ1v) is 6.23. The maximum absolute atomic E-state index is 9.48. The first-order chi connectivity index (χ1) is 8.72. The van der Waals surface area contributed by atoms with E-state index in [2.05, 4.69) is 15.2 Å². The molecule has 1 aliphatic rings. The monoisotopic (exact) mass is 248 g/mol. The van der Waals surface area contributed by atoms with Crippen LogP contribution in [0.25, 0.3) is 11.4 Å². The summed E-state index contributed by atoms with van der Waals surface area (Å²) in [5.74, 6) is 1.55. The molecule has 0 saturated heterocycles. The fourth-order valence-corrected chi connectivity index (χ4v) is 2.38. The third-order valence-electron chi connectivity index (χ3n) is 3.45. The minimum absolute atomic E-state index is 0.165. The third-order valence-corrected chi connectivity index (χ3v) is 3.45. The summed E-state index contributed by atoms with van der Waals surface area (Å²) >= 11 is 0. The second-order valence-electron chi connectivity index (χ2n) is 4.86. The Kier molecular flexibility index (Phi) is 2.87. The molecule has 3 rings (SSSR count). The molecule has 1 saturated carbocycles. The molecule has 1 N–H and O–H groups in total. The lowest BCUT2D eigenvalue weighted by atomic mass is 9.87. The molecule has 0 atom stereocenters. The maximum Gasteiger partial charge on any atom is 0.230 e. The second-order valence-corrected chi connectivity index (χ2v) is 4.86. The topological polar surface area (TPSA) is 77.0 Å². The van der Waals surface area contributed by atoms with Crippen LogP contribution in [0.4, 0.5) is 0 Å². The Labute approximate surface area is 105 Å². The van der Waals surface area contributed by atoms with Crippen LogP contribution in [0.3, 0.4) is 0 Å². The van der Waals surface area contributed by atoms with Gasteiger partial charge in [-0.1, -0.05) is 5.16 Å². The van der Waals surface area contributed by atoms with Crippen molar-refractivity contribution in [1.82, 2.24) is 19.9 Å². The van der Waals surface area contributed by atoms with Gasteiger partial charge >= 0.3 is 0 Å². The van der Waals surface area contributed by atoms with Crippen LogP contribution in [0, 0.1) is 0 Å². The number of hydrogen-bond donors (Lipinski definition) is 1. The van der Waals surface area contributed by atoms with Crippen molar-refractivity contribution in [2.24, 2.45) is 7.05 Å². The predicted octanol–water partition coefficient (Wildman–Crippen LogP) is 1.49. The van der Waals surface area contributed by atoms with Gasteiger partial charge in [0.15, 0.2) is 0 Å². The van der Waals surface area contributed by atoms with Crippen LogP contribution in [-0.4, -0.2) is 31.1 Å². The fourth-order valence-electron chi connectivity index (χ4n) is 2.38. The average molecular weight is 248 g/mol. The summed E-state index contributed by atoms with van der Waals surface area (Å²) < 4.78 is 7.03. The molecule has 0 aromatic carbocycles. The van der Waals surface area contributed by atoms with E-state index in [0.717, 1.165) is 31.2 Å². The van der Waals surface area contributed by atoms with E-state index in [1.54, 1.807) is 10.9 Å². The summed E-state index contributed by atoms with van der Waals surface area (Å²) in [4.78, 5) is 4.43. The zero-order valence-electron chi connectivity index (χ0n) is 10.3. The first-order valence-electron chi connectivity index (χ1n) is 6.23. The Hall–Kier alpha value is -1.69. The van der Waals surface area contributed by atoms with E-state index < -0.39 is 0 Å². The minimum Gasteiger partial charge on any atom is -0.393 e. The van der Waals surface area contributed by atoms with Gasteiger partial charge in [0.1, 0.15) is 0 Å². The van der Waals surface area contributed by atoms with Crippen molar-refractivity contribution >= 4 is 0 Å². The third kappa shape index (κ3) is 2.15. The van der Waals surface area contributed by atoms with Crippen molar-refractivity contribution in [3.63, 3.8) is 0 Å². The van der Waals surface area contributed by atoms with Gasteiger partial charge in [0.2, 0.25) is 11.7 Å². The van der Waals surface area contributed by atoms with Gasteiger partial charge in [-0.2, -0.15) is 10.1 Å². The second kappa shape index (κ2) is 4.53. The predicted molar refractivity (Wildman–Crippen MR) is 63.7 cm³/mol. The number of aromatic nitrogens is 4. The molecule has 0 unspecified atom stereocenters. The van der Waals surface area contributed by atoms with Gasteiger partial charge < -0.3 is 9.63 Å². The average Bonchev–Trinajstić information content (AvgIpc) is 2.98. The number of hydrogen-bond acceptors (Lipinski definition) is 5. The van der Waals surface area contributed by atoms with Crippen LogP contribution in [0.5, 0.6) is 0 Å². The van der Waals surface area contributed by atoms with Crippen molar-refractivity contribution in [3.8, 4) is 11.4 Å². The van der Waals surface area contributed by atoms with Gasteiger partial charge in [-0.3, -0.25) is 4.68 Å². The number of aryl methyl sites for hydroxylation is 1. The van der Waals surface area contributed by atoms with Gasteiger partial charge in [-0.05, 0) is 25.7 Å². The molecular formula is C12H16N4O2. The molecule has 2 heterocycles. The Morgan fingerprint density at radius 2 is 2.11 bits per heavy atom. The zero-order valence-corrected chi connectivity index (χ0v) is 10.3. The molecule has 0 spiro atoms. The Morgan fingerprint density at radius 3 is 2.78 bits per heavy atom. The van der Waals surface area contributed by atoms with Crippen LogP contribution in [0.1, 0.15) is 37.5 Å². The minimum atomic E-state index is -0.165. The molecule has 2 aromatic heterocycles. The standard InChI is InChI=1S/C12H16N4O2/c1-16-7-9(6-13-16)11-14-12(18-15-11)8-2-4-10(17)5-3-8/h6-8,10,17H,2-5H2,1H3. The van der Waals surface area contributed by atoms with Gasteiger partial charge in [-0.25, -0.2) is 0 Å². The van der Waals surface area contributed by atoms with E-state index in [4.69, 9.17) is 4.52 Å². The lowest BCUT2D eigenvalue weighted by molar-refractivity contribution is 0.116. The number of aliphatic hydroxyl groups is 1. The summed E-state index contributed by atoms with van der Waals surface area (Å²) in [5, 5.41) is 17.6. The summed E-state index contributed by atoms with van der Waals surface area (Å²) in [6.07, 6.45) is 6.87. The molecule has 2 aromatic rings. The largest absolute Gasteiger partial charge is 0.393 e. The van der Waals surface area contributed by atoms with Crippen molar-refractivity contribution in [2.75, 3.05) is 0 Å². The molecule has 6 heteroatoms. The van der Waals surface area contributed by atoms with E-state index in [0.29, 0.717) is 11.7 Å². The van der Waals surface area contributed by atoms with Crippen LogP contribution in [0.2, 0.25) is 0 Å². The molecule has 0 aliphatic heterocycles. The first kappa shape index (κ1) is 11.4. The number of aliphatic hydroxyl groups excluding tert-OH is 1. The van der Waals surface area contributed by atoms with Gasteiger partial charge in [0.05, 0.1) is 17.9 Å². The molecule has 0 amide bonds. The van der Waals surface area contributed by atoms with Gasteiger partial charge in [0, 0.05) is 19.2 Å². The summed E-state index contributed by atoms with van der Waals surface area (Å²) in [7, 11) is 1.85. The van der Waals surface area contributed by atoms with Crippen LogP contribution in [-0.2, 0) is 7.05 Å². The lowest BCUT2D eigenvalue weighted by Gasteiger charge is -2.22. The van der Waals surface area contributed by atoms with Crippen LogP contribution >= 0.6 is 0 Å². The molecule has 96 valence electrons. The fraction of sp³-hybridized carbons (Fsp3) is 0.583. The highest BCUT2D eigenvalue weighted by Crippen LogP contribution is 2.32. The molecule has 1 aliphatic carbocycles. The van der Waals surface area contributed by atoms with E-state index in [9.17, 15) is 5.11 Å². The molecule has 0 bridgehead atoms. The molecular weight excluding hydrogens is 232 g/mol. The zero-order chi connectivity index (χ0) is 12.5. The molecule has 1 fully saturated rings. The summed E-state index contributed by atoms with van der Waals surface area (Å²) in [6, 6.07) is 0. The summed E-state index contributed by atoms with van der Waals surface area (Å²) in [6.45, 7) is 0. The van der Waals surface area contributed by atoms with E-state index >= 15 is 0 Å².